The Hall–Kier alpha value is -0.570. The number of benzene rings is 1. The zero-order valence-electron chi connectivity index (χ0n) is 8.76. The van der Waals surface area contributed by atoms with E-state index in [1.165, 1.54) is 18.9 Å². The Kier molecular flexibility index (Phi) is 3.29. The molecular weight excluding hydrogens is 257 g/mol. The van der Waals surface area contributed by atoms with Crippen LogP contribution < -0.4 is 5.32 Å². The van der Waals surface area contributed by atoms with Crippen molar-refractivity contribution in [3.05, 3.63) is 28.5 Å². The van der Waals surface area contributed by atoms with Crippen LogP contribution in [-0.4, -0.2) is 6.04 Å². The summed E-state index contributed by atoms with van der Waals surface area (Å²) in [6.45, 7) is 2.14. The van der Waals surface area contributed by atoms with Crippen molar-refractivity contribution in [2.45, 2.75) is 32.2 Å². The van der Waals surface area contributed by atoms with Gasteiger partial charge in [0.1, 0.15) is 5.82 Å². The molecule has 1 aromatic carbocycles. The fraction of sp³-hybridized carbons (Fsp3) is 0.500. The van der Waals surface area contributed by atoms with E-state index in [1.807, 2.05) is 6.07 Å². The first-order valence-electron chi connectivity index (χ1n) is 5.43. The van der Waals surface area contributed by atoms with Crippen molar-refractivity contribution in [1.82, 2.24) is 0 Å². The number of rotatable bonds is 4. The fourth-order valence-corrected chi connectivity index (χ4v) is 2.33. The minimum absolute atomic E-state index is 0.177. The van der Waals surface area contributed by atoms with Crippen LogP contribution in [0.25, 0.3) is 0 Å². The molecule has 1 fully saturated rings. The molecule has 1 saturated carbocycles. The summed E-state index contributed by atoms with van der Waals surface area (Å²) in [5, 5.41) is 3.31. The second kappa shape index (κ2) is 4.52. The molecule has 0 aromatic heterocycles. The molecular formula is C12H15BrFN. The van der Waals surface area contributed by atoms with E-state index in [0.29, 0.717) is 11.7 Å². The highest BCUT2D eigenvalue weighted by Crippen LogP contribution is 2.37. The van der Waals surface area contributed by atoms with E-state index in [9.17, 15) is 4.39 Å². The maximum Gasteiger partial charge on any atom is 0.147 e. The number of hydrogen-bond donors (Lipinski definition) is 1. The van der Waals surface area contributed by atoms with Gasteiger partial charge in [-0.05, 0) is 53.2 Å². The Morgan fingerprint density at radius 3 is 2.80 bits per heavy atom. The zero-order valence-corrected chi connectivity index (χ0v) is 10.3. The van der Waals surface area contributed by atoms with Crippen LogP contribution in [0.3, 0.4) is 0 Å². The van der Waals surface area contributed by atoms with Crippen molar-refractivity contribution >= 4 is 21.6 Å². The second-order valence-electron chi connectivity index (χ2n) is 4.09. The molecule has 1 aromatic rings. The summed E-state index contributed by atoms with van der Waals surface area (Å²) in [5.41, 5.74) is 0.608. The average Bonchev–Trinajstić information content (AvgIpc) is 3.01. The lowest BCUT2D eigenvalue weighted by atomic mass is 10.1. The van der Waals surface area contributed by atoms with E-state index in [1.54, 1.807) is 6.07 Å². The predicted molar refractivity (Wildman–Crippen MR) is 64.5 cm³/mol. The molecule has 0 radical (unpaired) electrons. The standard InChI is InChI=1S/C12H15BrFN/c1-2-11(8-6-7-8)15-12-9(13)4-3-5-10(12)14/h3-5,8,11,15H,2,6-7H2,1H3. The van der Waals surface area contributed by atoms with Gasteiger partial charge in [-0.1, -0.05) is 13.0 Å². The van der Waals surface area contributed by atoms with Gasteiger partial charge in [-0.15, -0.1) is 0 Å². The highest BCUT2D eigenvalue weighted by atomic mass is 79.9. The fourth-order valence-electron chi connectivity index (χ4n) is 1.87. The Labute approximate surface area is 98.2 Å². The molecule has 0 amide bonds. The molecule has 2 rings (SSSR count). The molecule has 0 spiro atoms. The Bertz CT molecular complexity index is 329. The number of halogens is 2. The van der Waals surface area contributed by atoms with Gasteiger partial charge in [0.2, 0.25) is 0 Å². The molecule has 82 valence electrons. The third-order valence-electron chi connectivity index (χ3n) is 2.92. The van der Waals surface area contributed by atoms with Gasteiger partial charge in [-0.2, -0.15) is 0 Å². The third-order valence-corrected chi connectivity index (χ3v) is 3.58. The topological polar surface area (TPSA) is 12.0 Å². The van der Waals surface area contributed by atoms with Gasteiger partial charge < -0.3 is 5.32 Å². The molecule has 1 aliphatic rings. The Balaban J connectivity index is 2.14. The van der Waals surface area contributed by atoms with E-state index in [-0.39, 0.29) is 5.82 Å². The van der Waals surface area contributed by atoms with Crippen LogP contribution in [0.4, 0.5) is 10.1 Å². The summed E-state index contributed by atoms with van der Waals surface area (Å²) in [6, 6.07) is 5.48. The average molecular weight is 272 g/mol. The number of para-hydroxylation sites is 1. The minimum atomic E-state index is -0.177. The highest BCUT2D eigenvalue weighted by molar-refractivity contribution is 9.10. The van der Waals surface area contributed by atoms with Crippen molar-refractivity contribution in [2.75, 3.05) is 5.32 Å². The van der Waals surface area contributed by atoms with Gasteiger partial charge in [0.05, 0.1) is 5.69 Å². The largest absolute Gasteiger partial charge is 0.379 e. The Morgan fingerprint density at radius 1 is 1.53 bits per heavy atom. The maximum atomic E-state index is 13.5. The van der Waals surface area contributed by atoms with E-state index >= 15 is 0 Å². The van der Waals surface area contributed by atoms with Crippen molar-refractivity contribution in [3.63, 3.8) is 0 Å². The summed E-state index contributed by atoms with van der Waals surface area (Å²) < 4.78 is 14.3. The summed E-state index contributed by atoms with van der Waals surface area (Å²) in [7, 11) is 0. The maximum absolute atomic E-state index is 13.5. The molecule has 1 atom stereocenters. The van der Waals surface area contributed by atoms with Crippen LogP contribution in [0.1, 0.15) is 26.2 Å². The predicted octanol–water partition coefficient (Wildman–Crippen LogP) is 4.19. The second-order valence-corrected chi connectivity index (χ2v) is 4.95. The van der Waals surface area contributed by atoms with Gasteiger partial charge in [0.25, 0.3) is 0 Å². The van der Waals surface area contributed by atoms with Crippen LogP contribution in [0.15, 0.2) is 22.7 Å². The molecule has 1 aliphatic carbocycles. The number of anilines is 1. The lowest BCUT2D eigenvalue weighted by Crippen LogP contribution is -2.21. The van der Waals surface area contributed by atoms with Gasteiger partial charge in [0.15, 0.2) is 0 Å². The van der Waals surface area contributed by atoms with E-state index in [2.05, 4.69) is 28.2 Å². The van der Waals surface area contributed by atoms with Gasteiger partial charge in [0, 0.05) is 10.5 Å². The molecule has 0 saturated heterocycles. The minimum Gasteiger partial charge on any atom is -0.379 e. The molecule has 1 unspecified atom stereocenters. The number of hydrogen-bond acceptors (Lipinski definition) is 1. The quantitative estimate of drug-likeness (QED) is 0.866. The highest BCUT2D eigenvalue weighted by Gasteiger charge is 2.30. The van der Waals surface area contributed by atoms with Crippen LogP contribution in [0.2, 0.25) is 0 Å². The first kappa shape index (κ1) is 10.9. The molecule has 0 heterocycles. The van der Waals surface area contributed by atoms with Crippen LogP contribution in [0, 0.1) is 11.7 Å². The van der Waals surface area contributed by atoms with E-state index in [4.69, 9.17) is 0 Å². The van der Waals surface area contributed by atoms with Gasteiger partial charge in [-0.3, -0.25) is 0 Å². The summed E-state index contributed by atoms with van der Waals surface area (Å²) in [5.74, 6) is 0.560. The molecule has 1 nitrogen and oxygen atoms in total. The normalized spacial score (nSPS) is 17.5. The monoisotopic (exact) mass is 271 g/mol. The molecule has 0 aliphatic heterocycles. The molecule has 3 heteroatoms. The molecule has 15 heavy (non-hydrogen) atoms. The molecule has 1 N–H and O–H groups in total. The summed E-state index contributed by atoms with van der Waals surface area (Å²) in [6.07, 6.45) is 3.60. The first-order chi connectivity index (χ1) is 7.22. The number of nitrogens with one attached hydrogen (secondary N) is 1. The van der Waals surface area contributed by atoms with Gasteiger partial charge >= 0.3 is 0 Å². The van der Waals surface area contributed by atoms with E-state index < -0.39 is 0 Å². The molecule has 0 bridgehead atoms. The van der Waals surface area contributed by atoms with Crippen molar-refractivity contribution in [2.24, 2.45) is 5.92 Å². The SMILES string of the molecule is CCC(Nc1c(F)cccc1Br)C1CC1. The van der Waals surface area contributed by atoms with Crippen molar-refractivity contribution < 1.29 is 4.39 Å². The van der Waals surface area contributed by atoms with Crippen LogP contribution in [-0.2, 0) is 0 Å². The lowest BCUT2D eigenvalue weighted by molar-refractivity contribution is 0.593. The smallest absolute Gasteiger partial charge is 0.147 e. The van der Waals surface area contributed by atoms with Gasteiger partial charge in [-0.25, -0.2) is 4.39 Å². The lowest BCUT2D eigenvalue weighted by Gasteiger charge is -2.19. The summed E-state index contributed by atoms with van der Waals surface area (Å²) >= 11 is 3.37. The first-order valence-corrected chi connectivity index (χ1v) is 6.22. The van der Waals surface area contributed by atoms with Crippen LogP contribution in [0.5, 0.6) is 0 Å². The third kappa shape index (κ3) is 2.51. The zero-order chi connectivity index (χ0) is 10.8. The Morgan fingerprint density at radius 2 is 2.27 bits per heavy atom. The van der Waals surface area contributed by atoms with Crippen molar-refractivity contribution in [3.8, 4) is 0 Å². The van der Waals surface area contributed by atoms with E-state index in [0.717, 1.165) is 16.8 Å². The van der Waals surface area contributed by atoms with Crippen LogP contribution >= 0.6 is 15.9 Å². The summed E-state index contributed by atoms with van der Waals surface area (Å²) in [4.78, 5) is 0. The van der Waals surface area contributed by atoms with Crippen molar-refractivity contribution in [1.29, 1.82) is 0 Å².